The van der Waals surface area contributed by atoms with Gasteiger partial charge in [-0.3, -0.25) is 4.79 Å². The van der Waals surface area contributed by atoms with E-state index in [1.54, 1.807) is 0 Å². The first-order valence-corrected chi connectivity index (χ1v) is 6.65. The summed E-state index contributed by atoms with van der Waals surface area (Å²) in [5, 5.41) is 3.06. The van der Waals surface area contributed by atoms with Gasteiger partial charge in [0.15, 0.2) is 0 Å². The first-order valence-electron chi connectivity index (χ1n) is 6.65. The van der Waals surface area contributed by atoms with Crippen LogP contribution in [0, 0.1) is 11.8 Å². The average Bonchev–Trinajstić information content (AvgIpc) is 3.08. The van der Waals surface area contributed by atoms with E-state index in [1.807, 2.05) is 38.1 Å². The number of nitrogens with one attached hydrogen (secondary N) is 1. The second-order valence-corrected chi connectivity index (χ2v) is 5.05. The Bertz CT molecular complexity index is 413. The van der Waals surface area contributed by atoms with Crippen LogP contribution in [0.2, 0.25) is 0 Å². The van der Waals surface area contributed by atoms with Crippen molar-refractivity contribution in [3.05, 3.63) is 29.8 Å². The summed E-state index contributed by atoms with van der Waals surface area (Å²) >= 11 is 0. The molecule has 1 aliphatic carbocycles. The molecule has 3 heteroatoms. The number of carbonyl (C=O) groups excluding carboxylic acids is 1. The van der Waals surface area contributed by atoms with Gasteiger partial charge >= 0.3 is 0 Å². The van der Waals surface area contributed by atoms with Gasteiger partial charge in [0.1, 0.15) is 5.75 Å². The Morgan fingerprint density at radius 3 is 2.56 bits per heavy atom. The van der Waals surface area contributed by atoms with Crippen molar-refractivity contribution in [1.82, 2.24) is 5.32 Å². The molecule has 0 heterocycles. The molecule has 18 heavy (non-hydrogen) atoms. The highest BCUT2D eigenvalue weighted by molar-refractivity contribution is 5.81. The zero-order chi connectivity index (χ0) is 13.1. The van der Waals surface area contributed by atoms with Gasteiger partial charge in [0.25, 0.3) is 0 Å². The van der Waals surface area contributed by atoms with Crippen LogP contribution < -0.4 is 10.1 Å². The molecule has 3 atom stereocenters. The fourth-order valence-corrected chi connectivity index (χ4v) is 2.11. The summed E-state index contributed by atoms with van der Waals surface area (Å²) in [6.45, 7) is 6.77. The van der Waals surface area contributed by atoms with E-state index in [0.717, 1.165) is 17.7 Å². The minimum absolute atomic E-state index is 0.0565. The fourth-order valence-electron chi connectivity index (χ4n) is 2.11. The molecule has 0 radical (unpaired) electrons. The Kier molecular flexibility index (Phi) is 3.90. The molecule has 98 valence electrons. The molecule has 1 aromatic carbocycles. The number of amides is 1. The maximum atomic E-state index is 11.8. The molecular weight excluding hydrogens is 226 g/mol. The Hall–Kier alpha value is -1.51. The summed E-state index contributed by atoms with van der Waals surface area (Å²) in [7, 11) is 0. The quantitative estimate of drug-likeness (QED) is 0.868. The molecule has 0 bridgehead atoms. The van der Waals surface area contributed by atoms with Gasteiger partial charge in [-0.15, -0.1) is 0 Å². The lowest BCUT2D eigenvalue weighted by molar-refractivity contribution is -0.123. The lowest BCUT2D eigenvalue weighted by atomic mass is 10.1. The van der Waals surface area contributed by atoms with Crippen LogP contribution >= 0.6 is 0 Å². The van der Waals surface area contributed by atoms with Crippen molar-refractivity contribution in [3.63, 3.8) is 0 Å². The van der Waals surface area contributed by atoms with Crippen LogP contribution in [0.1, 0.15) is 38.8 Å². The number of hydrogen-bond acceptors (Lipinski definition) is 2. The molecule has 1 amide bonds. The van der Waals surface area contributed by atoms with Gasteiger partial charge in [0.2, 0.25) is 5.91 Å². The third kappa shape index (κ3) is 3.03. The minimum Gasteiger partial charge on any atom is -0.494 e. The SMILES string of the molecule is CCOc1ccc([C@H](C)NC(=O)[C@@H]2C[C@H]2C)cc1. The molecule has 3 nitrogen and oxygen atoms in total. The van der Waals surface area contributed by atoms with Crippen LogP contribution in [0.5, 0.6) is 5.75 Å². The van der Waals surface area contributed by atoms with Crippen molar-refractivity contribution in [1.29, 1.82) is 0 Å². The summed E-state index contributed by atoms with van der Waals surface area (Å²) in [5.74, 6) is 1.84. The molecule has 0 aliphatic heterocycles. The summed E-state index contributed by atoms with van der Waals surface area (Å²) < 4.78 is 5.40. The summed E-state index contributed by atoms with van der Waals surface area (Å²) in [6, 6.07) is 7.96. The number of carbonyl (C=O) groups is 1. The number of ether oxygens (including phenoxy) is 1. The fraction of sp³-hybridized carbons (Fsp3) is 0.533. The Labute approximate surface area is 109 Å². The van der Waals surface area contributed by atoms with Gasteiger partial charge < -0.3 is 10.1 Å². The molecular formula is C15H21NO2. The summed E-state index contributed by atoms with van der Waals surface area (Å²) in [4.78, 5) is 11.8. The number of benzene rings is 1. The van der Waals surface area contributed by atoms with Crippen LogP contribution in [0.3, 0.4) is 0 Å². The van der Waals surface area contributed by atoms with Crippen molar-refractivity contribution >= 4 is 5.91 Å². The summed E-state index contributed by atoms with van der Waals surface area (Å²) in [5.41, 5.74) is 1.11. The van der Waals surface area contributed by atoms with Gasteiger partial charge in [0.05, 0.1) is 12.6 Å². The molecule has 1 N–H and O–H groups in total. The van der Waals surface area contributed by atoms with E-state index in [1.165, 1.54) is 0 Å². The normalized spacial score (nSPS) is 23.3. The second-order valence-electron chi connectivity index (χ2n) is 5.05. The molecule has 0 spiro atoms. The van der Waals surface area contributed by atoms with E-state index in [4.69, 9.17) is 4.74 Å². The van der Waals surface area contributed by atoms with Crippen LogP contribution in [0.15, 0.2) is 24.3 Å². The first kappa shape index (κ1) is 12.9. The standard InChI is InChI=1S/C15H21NO2/c1-4-18-13-7-5-12(6-8-13)11(3)16-15(17)14-9-10(14)2/h5-8,10-11,14H,4,9H2,1-3H3,(H,16,17)/t10-,11+,14-/m1/s1. The Morgan fingerprint density at radius 1 is 1.44 bits per heavy atom. The monoisotopic (exact) mass is 247 g/mol. The van der Waals surface area contributed by atoms with Gasteiger partial charge in [-0.2, -0.15) is 0 Å². The Morgan fingerprint density at radius 2 is 2.06 bits per heavy atom. The highest BCUT2D eigenvalue weighted by atomic mass is 16.5. The third-order valence-electron chi connectivity index (χ3n) is 3.50. The molecule has 1 saturated carbocycles. The van der Waals surface area contributed by atoms with Crippen molar-refractivity contribution < 1.29 is 9.53 Å². The van der Waals surface area contributed by atoms with Crippen LogP contribution in [0.4, 0.5) is 0 Å². The number of rotatable bonds is 5. The first-order chi connectivity index (χ1) is 8.61. The van der Waals surface area contributed by atoms with E-state index < -0.39 is 0 Å². The minimum atomic E-state index is 0.0565. The predicted molar refractivity (Wildman–Crippen MR) is 71.4 cm³/mol. The maximum Gasteiger partial charge on any atom is 0.223 e. The zero-order valence-corrected chi connectivity index (χ0v) is 11.3. The lowest BCUT2D eigenvalue weighted by Gasteiger charge is -2.15. The van der Waals surface area contributed by atoms with Gasteiger partial charge in [-0.1, -0.05) is 19.1 Å². The Balaban J connectivity index is 1.91. The predicted octanol–water partition coefficient (Wildman–Crippen LogP) is 2.92. The highest BCUT2D eigenvalue weighted by Crippen LogP contribution is 2.38. The van der Waals surface area contributed by atoms with Crippen LogP contribution in [0.25, 0.3) is 0 Å². The van der Waals surface area contributed by atoms with Crippen LogP contribution in [-0.2, 0) is 4.79 Å². The highest BCUT2D eigenvalue weighted by Gasteiger charge is 2.39. The van der Waals surface area contributed by atoms with E-state index in [2.05, 4.69) is 12.2 Å². The average molecular weight is 247 g/mol. The smallest absolute Gasteiger partial charge is 0.223 e. The third-order valence-corrected chi connectivity index (χ3v) is 3.50. The van der Waals surface area contributed by atoms with Crippen molar-refractivity contribution in [2.75, 3.05) is 6.61 Å². The second kappa shape index (κ2) is 5.42. The lowest BCUT2D eigenvalue weighted by Crippen LogP contribution is -2.28. The van der Waals surface area contributed by atoms with Gasteiger partial charge in [-0.25, -0.2) is 0 Å². The molecule has 2 rings (SSSR count). The van der Waals surface area contributed by atoms with E-state index in [9.17, 15) is 4.79 Å². The molecule has 0 aromatic heterocycles. The zero-order valence-electron chi connectivity index (χ0n) is 11.3. The maximum absolute atomic E-state index is 11.8. The summed E-state index contributed by atoms with van der Waals surface area (Å²) in [6.07, 6.45) is 1.03. The van der Waals surface area contributed by atoms with Gasteiger partial charge in [0, 0.05) is 5.92 Å². The topological polar surface area (TPSA) is 38.3 Å². The molecule has 1 aliphatic rings. The largest absolute Gasteiger partial charge is 0.494 e. The van der Waals surface area contributed by atoms with Crippen molar-refractivity contribution in [3.8, 4) is 5.75 Å². The van der Waals surface area contributed by atoms with Crippen molar-refractivity contribution in [2.45, 2.75) is 33.2 Å². The van der Waals surface area contributed by atoms with E-state index >= 15 is 0 Å². The molecule has 0 saturated heterocycles. The van der Waals surface area contributed by atoms with Crippen LogP contribution in [-0.4, -0.2) is 12.5 Å². The molecule has 1 fully saturated rings. The molecule has 1 aromatic rings. The van der Waals surface area contributed by atoms with E-state index in [0.29, 0.717) is 12.5 Å². The number of hydrogen-bond donors (Lipinski definition) is 1. The van der Waals surface area contributed by atoms with Crippen molar-refractivity contribution in [2.24, 2.45) is 11.8 Å². The van der Waals surface area contributed by atoms with E-state index in [-0.39, 0.29) is 17.9 Å². The van der Waals surface area contributed by atoms with Gasteiger partial charge in [-0.05, 0) is 43.9 Å². The molecule has 0 unspecified atom stereocenters.